The summed E-state index contributed by atoms with van der Waals surface area (Å²) in [4.78, 5) is 12.4. The molecule has 1 saturated heterocycles. The molecule has 0 bridgehead atoms. The number of unbranched alkanes of at least 4 members (excludes halogenated alkanes) is 12. The van der Waals surface area contributed by atoms with Crippen molar-refractivity contribution >= 4 is 14.5 Å². The van der Waals surface area contributed by atoms with Crippen molar-refractivity contribution in [3.8, 4) is 0 Å². The van der Waals surface area contributed by atoms with Crippen LogP contribution in [0.3, 0.4) is 0 Å². The summed E-state index contributed by atoms with van der Waals surface area (Å²) in [6, 6.07) is 0. The zero-order chi connectivity index (χ0) is 22.7. The van der Waals surface area contributed by atoms with E-state index >= 15 is 0 Å². The van der Waals surface area contributed by atoms with E-state index < -0.39 is 8.56 Å². The van der Waals surface area contributed by atoms with Crippen LogP contribution in [0.2, 0.25) is 10.1 Å². The van der Waals surface area contributed by atoms with Crippen molar-refractivity contribution in [2.24, 2.45) is 0 Å². The van der Waals surface area contributed by atoms with Gasteiger partial charge in [-0.05, 0) is 6.42 Å². The number of carbonyl (C=O) groups excluding carboxylic acids is 1. The van der Waals surface area contributed by atoms with Gasteiger partial charge in [-0.3, -0.25) is 4.79 Å². The summed E-state index contributed by atoms with van der Waals surface area (Å²) in [5, 5.41) is -0.259. The summed E-state index contributed by atoms with van der Waals surface area (Å²) in [6.45, 7) is 15.3. The fourth-order valence-electron chi connectivity index (χ4n) is 5.02. The second-order valence-corrected chi connectivity index (χ2v) is 16.2. The topological polar surface area (TPSA) is 35.5 Å². The fraction of sp³-hybridized carbons (Fsp3) is 0.962. The highest BCUT2D eigenvalue weighted by Crippen LogP contribution is 2.54. The maximum atomic E-state index is 12.4. The van der Waals surface area contributed by atoms with Gasteiger partial charge in [0.25, 0.3) is 5.97 Å². The van der Waals surface area contributed by atoms with Crippen LogP contribution in [-0.2, 0) is 13.6 Å². The van der Waals surface area contributed by atoms with Crippen LogP contribution in [0.4, 0.5) is 0 Å². The zero-order valence-electron chi connectivity index (χ0n) is 21.4. The van der Waals surface area contributed by atoms with E-state index in [0.717, 1.165) is 12.8 Å². The lowest BCUT2D eigenvalue weighted by molar-refractivity contribution is -0.146. The van der Waals surface area contributed by atoms with Crippen LogP contribution < -0.4 is 0 Å². The van der Waals surface area contributed by atoms with E-state index in [1.165, 1.54) is 77.0 Å². The molecule has 0 aromatic heterocycles. The smallest absolute Gasteiger partial charge is 0.412 e. The quantitative estimate of drug-likeness (QED) is 0.200. The summed E-state index contributed by atoms with van der Waals surface area (Å²) in [6.07, 6.45) is 19.2. The maximum Gasteiger partial charge on any atom is 0.412 e. The lowest BCUT2D eigenvalue weighted by Gasteiger charge is -2.51. The molecule has 1 aliphatic rings. The van der Waals surface area contributed by atoms with Gasteiger partial charge >= 0.3 is 8.56 Å². The Bertz CT molecular complexity index is 462. The molecule has 3 nitrogen and oxygen atoms in total. The maximum absolute atomic E-state index is 12.4. The summed E-state index contributed by atoms with van der Waals surface area (Å²) >= 11 is 0. The van der Waals surface area contributed by atoms with Gasteiger partial charge in [0.15, 0.2) is 0 Å². The molecule has 1 atom stereocenters. The van der Waals surface area contributed by atoms with Gasteiger partial charge in [0.1, 0.15) is 0 Å². The van der Waals surface area contributed by atoms with Crippen molar-refractivity contribution in [1.82, 2.24) is 0 Å². The van der Waals surface area contributed by atoms with Crippen LogP contribution in [-0.4, -0.2) is 20.6 Å². The van der Waals surface area contributed by atoms with E-state index in [9.17, 15) is 4.79 Å². The Morgan fingerprint density at radius 1 is 0.733 bits per heavy atom. The average Bonchev–Trinajstić information content (AvgIpc) is 2.63. The SMILES string of the molecule is CCCCCCCCCCCCCCCC1CC(=O)O[Si](C(C)(C)C)(C(C)(C)C)O1. The molecule has 0 aromatic carbocycles. The largest absolute Gasteiger partial charge is 0.493 e. The van der Waals surface area contributed by atoms with E-state index in [1.54, 1.807) is 0 Å². The van der Waals surface area contributed by atoms with Crippen molar-refractivity contribution in [3.05, 3.63) is 0 Å². The van der Waals surface area contributed by atoms with Crippen LogP contribution in [0.25, 0.3) is 0 Å². The Kier molecular flexibility index (Phi) is 12.2. The van der Waals surface area contributed by atoms with E-state index in [2.05, 4.69) is 48.5 Å². The summed E-state index contributed by atoms with van der Waals surface area (Å²) in [5.41, 5.74) is 0. The van der Waals surface area contributed by atoms with Gasteiger partial charge in [-0.15, -0.1) is 0 Å². The van der Waals surface area contributed by atoms with Crippen LogP contribution in [0.15, 0.2) is 0 Å². The number of rotatable bonds is 14. The molecule has 178 valence electrons. The van der Waals surface area contributed by atoms with Gasteiger partial charge in [-0.25, -0.2) is 0 Å². The van der Waals surface area contributed by atoms with Crippen molar-refractivity contribution in [2.75, 3.05) is 0 Å². The van der Waals surface area contributed by atoms with Gasteiger partial charge in [0, 0.05) is 10.1 Å². The van der Waals surface area contributed by atoms with E-state index in [-0.39, 0.29) is 22.1 Å². The number of carbonyl (C=O) groups is 1. The van der Waals surface area contributed by atoms with Crippen LogP contribution >= 0.6 is 0 Å². The molecule has 1 fully saturated rings. The monoisotopic (exact) mass is 440 g/mol. The Labute approximate surface area is 189 Å². The Morgan fingerprint density at radius 3 is 1.53 bits per heavy atom. The molecule has 0 spiro atoms. The standard InChI is InChI=1S/C26H52O3Si/c1-8-9-10-11-12-13-14-15-16-17-18-19-20-21-23-22-24(27)29-30(28-23,25(2,3)4)26(5,6)7/h23H,8-22H2,1-7H3. The normalized spacial score (nSPS) is 19.7. The molecular formula is C26H52O3Si. The summed E-state index contributed by atoms with van der Waals surface area (Å²) in [5.74, 6) is -0.0440. The summed E-state index contributed by atoms with van der Waals surface area (Å²) < 4.78 is 12.7. The first kappa shape index (κ1) is 27.7. The zero-order valence-corrected chi connectivity index (χ0v) is 22.4. The molecule has 0 saturated carbocycles. The highest BCUT2D eigenvalue weighted by molar-refractivity contribution is 6.75. The molecule has 1 rings (SSSR count). The molecule has 1 heterocycles. The Balaban J connectivity index is 2.22. The molecule has 4 heteroatoms. The third kappa shape index (κ3) is 9.02. The average molecular weight is 441 g/mol. The molecule has 0 N–H and O–H groups in total. The lowest BCUT2D eigenvalue weighted by atomic mass is 10.0. The molecule has 30 heavy (non-hydrogen) atoms. The molecule has 0 aromatic rings. The van der Waals surface area contributed by atoms with Crippen molar-refractivity contribution in [2.45, 2.75) is 161 Å². The highest BCUT2D eigenvalue weighted by Gasteiger charge is 2.63. The first-order chi connectivity index (χ1) is 14.0. The van der Waals surface area contributed by atoms with Crippen LogP contribution in [0, 0.1) is 0 Å². The second kappa shape index (κ2) is 13.3. The third-order valence-corrected chi connectivity index (χ3v) is 11.7. The summed E-state index contributed by atoms with van der Waals surface area (Å²) in [7, 11) is -2.67. The predicted octanol–water partition coefficient (Wildman–Crippen LogP) is 8.84. The third-order valence-electron chi connectivity index (χ3n) is 6.59. The minimum absolute atomic E-state index is 0.0440. The molecule has 0 radical (unpaired) electrons. The fourth-order valence-corrected chi connectivity index (χ4v) is 9.72. The first-order valence-electron chi connectivity index (χ1n) is 12.9. The van der Waals surface area contributed by atoms with E-state index in [0.29, 0.717) is 6.42 Å². The highest BCUT2D eigenvalue weighted by atomic mass is 28.4. The second-order valence-electron chi connectivity index (χ2n) is 11.6. The van der Waals surface area contributed by atoms with Gasteiger partial charge in [0.2, 0.25) is 0 Å². The lowest BCUT2D eigenvalue weighted by Crippen LogP contribution is -2.62. The van der Waals surface area contributed by atoms with Crippen molar-refractivity contribution < 1.29 is 13.6 Å². The van der Waals surface area contributed by atoms with E-state index in [4.69, 9.17) is 8.85 Å². The van der Waals surface area contributed by atoms with E-state index in [1.807, 2.05) is 0 Å². The van der Waals surface area contributed by atoms with Crippen molar-refractivity contribution in [1.29, 1.82) is 0 Å². The minimum atomic E-state index is -2.67. The van der Waals surface area contributed by atoms with Gasteiger partial charge in [-0.1, -0.05) is 132 Å². The molecule has 0 aliphatic carbocycles. The molecule has 0 amide bonds. The Morgan fingerprint density at radius 2 is 1.13 bits per heavy atom. The van der Waals surface area contributed by atoms with Gasteiger partial charge < -0.3 is 8.85 Å². The number of hydrogen-bond donors (Lipinski definition) is 0. The minimum Gasteiger partial charge on any atom is -0.493 e. The van der Waals surface area contributed by atoms with Crippen LogP contribution in [0.1, 0.15) is 145 Å². The molecular weight excluding hydrogens is 388 g/mol. The Hall–Kier alpha value is -0.353. The predicted molar refractivity (Wildman–Crippen MR) is 131 cm³/mol. The van der Waals surface area contributed by atoms with Crippen LogP contribution in [0.5, 0.6) is 0 Å². The first-order valence-corrected chi connectivity index (χ1v) is 14.7. The molecule has 1 aliphatic heterocycles. The van der Waals surface area contributed by atoms with Crippen molar-refractivity contribution in [3.63, 3.8) is 0 Å². The molecule has 1 unspecified atom stereocenters. The van der Waals surface area contributed by atoms with Gasteiger partial charge in [0.05, 0.1) is 12.5 Å². The van der Waals surface area contributed by atoms with Gasteiger partial charge in [-0.2, -0.15) is 0 Å². The number of hydrogen-bond acceptors (Lipinski definition) is 3.